The minimum absolute atomic E-state index is 0.355. The Morgan fingerprint density at radius 2 is 2.16 bits per heavy atom. The van der Waals surface area contributed by atoms with Gasteiger partial charge in [-0.1, -0.05) is 19.1 Å². The Morgan fingerprint density at radius 1 is 1.42 bits per heavy atom. The van der Waals surface area contributed by atoms with Crippen molar-refractivity contribution in [3.8, 4) is 0 Å². The summed E-state index contributed by atoms with van der Waals surface area (Å²) >= 11 is 0. The van der Waals surface area contributed by atoms with Gasteiger partial charge in [0.25, 0.3) is 10.2 Å². The van der Waals surface area contributed by atoms with Gasteiger partial charge in [0.05, 0.1) is 5.69 Å². The highest BCUT2D eigenvalue weighted by Crippen LogP contribution is 2.13. The lowest BCUT2D eigenvalue weighted by molar-refractivity contribution is -0.131. The summed E-state index contributed by atoms with van der Waals surface area (Å²) in [5.74, 6) is -1.06. The number of aliphatic carboxylic acids is 1. The van der Waals surface area contributed by atoms with Crippen molar-refractivity contribution < 1.29 is 18.3 Å². The lowest BCUT2D eigenvalue weighted by atomic mass is 10.2. The molecule has 0 saturated heterocycles. The molecule has 3 N–H and O–H groups in total. The molecular formula is C12H16N2O4S. The zero-order valence-electron chi connectivity index (χ0n) is 10.5. The fourth-order valence-electron chi connectivity index (χ4n) is 1.30. The summed E-state index contributed by atoms with van der Waals surface area (Å²) in [5, 5.41) is 8.52. The molecule has 0 radical (unpaired) electrons. The number of anilines is 1. The highest BCUT2D eigenvalue weighted by molar-refractivity contribution is 7.90. The number of carboxylic acids is 1. The number of nitrogens with one attached hydrogen (secondary N) is 2. The second-order valence-electron chi connectivity index (χ2n) is 3.80. The van der Waals surface area contributed by atoms with E-state index in [-0.39, 0.29) is 0 Å². The molecular weight excluding hydrogens is 268 g/mol. The van der Waals surface area contributed by atoms with Gasteiger partial charge in [-0.15, -0.1) is 0 Å². The number of hydrogen-bond donors (Lipinski definition) is 3. The molecule has 0 saturated carbocycles. The third-order valence-corrected chi connectivity index (χ3v) is 3.19. The standard InChI is InChI=1S/C12H16N2O4S/c1-2-8-13-19(17,18)14-11-5-3-4-10(9-11)6-7-12(15)16/h3-7,9,13-14H,2,8H2,1H3,(H,15,16)/b7-6+. The average molecular weight is 284 g/mol. The normalized spacial score (nSPS) is 11.6. The fraction of sp³-hybridized carbons (Fsp3) is 0.250. The third-order valence-electron chi connectivity index (χ3n) is 2.10. The first kappa shape index (κ1) is 15.2. The van der Waals surface area contributed by atoms with Crippen molar-refractivity contribution >= 4 is 27.9 Å². The van der Waals surface area contributed by atoms with Gasteiger partial charge in [0, 0.05) is 12.6 Å². The second-order valence-corrected chi connectivity index (χ2v) is 5.30. The predicted molar refractivity (Wildman–Crippen MR) is 73.9 cm³/mol. The maximum atomic E-state index is 11.6. The molecule has 1 rings (SSSR count). The first-order valence-corrected chi connectivity index (χ1v) is 7.20. The molecule has 6 nitrogen and oxygen atoms in total. The number of carboxylic acid groups (broad SMARTS) is 1. The maximum Gasteiger partial charge on any atom is 0.328 e. The van der Waals surface area contributed by atoms with E-state index >= 15 is 0 Å². The maximum absolute atomic E-state index is 11.6. The van der Waals surface area contributed by atoms with E-state index in [0.29, 0.717) is 24.2 Å². The van der Waals surface area contributed by atoms with Crippen molar-refractivity contribution in [3.63, 3.8) is 0 Å². The smallest absolute Gasteiger partial charge is 0.328 e. The van der Waals surface area contributed by atoms with Crippen molar-refractivity contribution in [1.29, 1.82) is 0 Å². The number of rotatable bonds is 7. The summed E-state index contributed by atoms with van der Waals surface area (Å²) in [5.41, 5.74) is 0.967. The van der Waals surface area contributed by atoms with Crippen molar-refractivity contribution in [2.45, 2.75) is 13.3 Å². The first-order chi connectivity index (χ1) is 8.93. The molecule has 0 heterocycles. The lowest BCUT2D eigenvalue weighted by Crippen LogP contribution is -2.30. The van der Waals surface area contributed by atoms with Gasteiger partial charge in [0.1, 0.15) is 0 Å². The van der Waals surface area contributed by atoms with Crippen LogP contribution in [-0.2, 0) is 15.0 Å². The van der Waals surface area contributed by atoms with Crippen molar-refractivity contribution in [1.82, 2.24) is 4.72 Å². The van der Waals surface area contributed by atoms with Gasteiger partial charge in [-0.25, -0.2) is 4.79 Å². The number of benzene rings is 1. The van der Waals surface area contributed by atoms with E-state index in [9.17, 15) is 13.2 Å². The molecule has 0 bridgehead atoms. The average Bonchev–Trinajstić information content (AvgIpc) is 2.34. The molecule has 0 atom stereocenters. The summed E-state index contributed by atoms with van der Waals surface area (Å²) in [6, 6.07) is 6.45. The van der Waals surface area contributed by atoms with Crippen molar-refractivity contribution in [3.05, 3.63) is 35.9 Å². The van der Waals surface area contributed by atoms with Gasteiger partial charge in [0.2, 0.25) is 0 Å². The van der Waals surface area contributed by atoms with Crippen LogP contribution in [0, 0.1) is 0 Å². The zero-order valence-corrected chi connectivity index (χ0v) is 11.3. The number of carbonyl (C=O) groups is 1. The highest BCUT2D eigenvalue weighted by atomic mass is 32.2. The SMILES string of the molecule is CCCNS(=O)(=O)Nc1cccc(/C=C/C(=O)O)c1. The van der Waals surface area contributed by atoms with E-state index < -0.39 is 16.2 Å². The van der Waals surface area contributed by atoms with Crippen LogP contribution in [0.4, 0.5) is 5.69 Å². The Labute approximate surface area is 112 Å². The lowest BCUT2D eigenvalue weighted by Gasteiger charge is -2.08. The van der Waals surface area contributed by atoms with Crippen LogP contribution in [0.15, 0.2) is 30.3 Å². The highest BCUT2D eigenvalue weighted by Gasteiger charge is 2.08. The van der Waals surface area contributed by atoms with Crippen LogP contribution in [-0.4, -0.2) is 26.0 Å². The fourth-order valence-corrected chi connectivity index (χ4v) is 2.28. The Bertz CT molecular complexity index is 567. The molecule has 0 fully saturated rings. The van der Waals surface area contributed by atoms with Crippen LogP contribution < -0.4 is 9.44 Å². The Hall–Kier alpha value is -1.86. The van der Waals surface area contributed by atoms with Crippen LogP contribution in [0.25, 0.3) is 6.08 Å². The van der Waals surface area contributed by atoms with Crippen molar-refractivity contribution in [2.75, 3.05) is 11.3 Å². The molecule has 104 valence electrons. The van der Waals surface area contributed by atoms with E-state index in [4.69, 9.17) is 5.11 Å². The van der Waals surface area contributed by atoms with Gasteiger partial charge < -0.3 is 5.11 Å². The molecule has 7 heteroatoms. The largest absolute Gasteiger partial charge is 0.478 e. The molecule has 1 aromatic carbocycles. The van der Waals surface area contributed by atoms with E-state index in [2.05, 4.69) is 9.44 Å². The minimum atomic E-state index is -3.59. The first-order valence-electron chi connectivity index (χ1n) is 5.71. The quantitative estimate of drug-likeness (QED) is 0.660. The van der Waals surface area contributed by atoms with E-state index in [1.54, 1.807) is 24.3 Å². The van der Waals surface area contributed by atoms with Crippen LogP contribution in [0.5, 0.6) is 0 Å². The monoisotopic (exact) mass is 284 g/mol. The summed E-state index contributed by atoms with van der Waals surface area (Å²) in [4.78, 5) is 10.4. The summed E-state index contributed by atoms with van der Waals surface area (Å²) < 4.78 is 27.9. The molecule has 0 aliphatic carbocycles. The molecule has 0 aliphatic heterocycles. The molecule has 0 unspecified atom stereocenters. The van der Waals surface area contributed by atoms with Gasteiger partial charge in [-0.3, -0.25) is 4.72 Å². The van der Waals surface area contributed by atoms with Crippen LogP contribution in [0.1, 0.15) is 18.9 Å². The molecule has 0 aliphatic rings. The molecule has 0 aromatic heterocycles. The van der Waals surface area contributed by atoms with Crippen LogP contribution in [0.3, 0.4) is 0 Å². The third kappa shape index (κ3) is 6.03. The minimum Gasteiger partial charge on any atom is -0.478 e. The Kier molecular flexibility index (Phi) is 5.53. The summed E-state index contributed by atoms with van der Waals surface area (Å²) in [6.07, 6.45) is 3.07. The molecule has 1 aromatic rings. The van der Waals surface area contributed by atoms with Gasteiger partial charge >= 0.3 is 5.97 Å². The van der Waals surface area contributed by atoms with Crippen LogP contribution >= 0.6 is 0 Å². The van der Waals surface area contributed by atoms with Gasteiger partial charge in [-0.05, 0) is 30.2 Å². The van der Waals surface area contributed by atoms with Crippen molar-refractivity contribution in [2.24, 2.45) is 0 Å². The second kappa shape index (κ2) is 6.91. The summed E-state index contributed by atoms with van der Waals surface area (Å²) in [7, 11) is -3.59. The Balaban J connectivity index is 2.80. The molecule has 19 heavy (non-hydrogen) atoms. The zero-order chi connectivity index (χ0) is 14.3. The molecule has 0 spiro atoms. The number of hydrogen-bond acceptors (Lipinski definition) is 3. The van der Waals surface area contributed by atoms with Gasteiger partial charge in [-0.2, -0.15) is 13.1 Å². The predicted octanol–water partition coefficient (Wildman–Crippen LogP) is 1.44. The van der Waals surface area contributed by atoms with E-state index in [0.717, 1.165) is 6.08 Å². The Morgan fingerprint density at radius 3 is 2.79 bits per heavy atom. The topological polar surface area (TPSA) is 95.5 Å². The van der Waals surface area contributed by atoms with E-state index in [1.165, 1.54) is 6.08 Å². The molecule has 0 amide bonds. The summed E-state index contributed by atoms with van der Waals surface area (Å²) in [6.45, 7) is 2.22. The van der Waals surface area contributed by atoms with E-state index in [1.807, 2.05) is 6.92 Å². The van der Waals surface area contributed by atoms with Crippen LogP contribution in [0.2, 0.25) is 0 Å². The van der Waals surface area contributed by atoms with Gasteiger partial charge in [0.15, 0.2) is 0 Å².